The Morgan fingerprint density at radius 2 is 1.81 bits per heavy atom. The Labute approximate surface area is 158 Å². The molecule has 1 amide bonds. The zero-order valence-electron chi connectivity index (χ0n) is 14.8. The lowest BCUT2D eigenvalue weighted by molar-refractivity contribution is -0.921. The van der Waals surface area contributed by atoms with Crippen LogP contribution >= 0.6 is 11.3 Å². The van der Waals surface area contributed by atoms with E-state index in [2.05, 4.69) is 17.4 Å². The summed E-state index contributed by atoms with van der Waals surface area (Å²) in [6.07, 6.45) is 0.486. The maximum Gasteiger partial charge on any atom is 0.220 e. The summed E-state index contributed by atoms with van der Waals surface area (Å²) >= 11 is 1.42. The Bertz CT molecular complexity index is 724. The van der Waals surface area contributed by atoms with Gasteiger partial charge in [-0.25, -0.2) is 0 Å². The monoisotopic (exact) mass is 373 g/mol. The summed E-state index contributed by atoms with van der Waals surface area (Å²) < 4.78 is 5.41. The van der Waals surface area contributed by atoms with Crippen LogP contribution in [0.1, 0.15) is 33.6 Å². The molecule has 6 heteroatoms. The molecule has 0 spiro atoms. The summed E-state index contributed by atoms with van der Waals surface area (Å²) in [5.41, 5.74) is 2.41. The second-order valence-corrected chi connectivity index (χ2v) is 7.43. The van der Waals surface area contributed by atoms with E-state index >= 15 is 0 Å². The SMILES string of the molecule is O=C(CCC(=O)c1cccs1)NCc1ccccc1C[NH+]1CCOCC1. The molecule has 0 aliphatic carbocycles. The van der Waals surface area contributed by atoms with Gasteiger partial charge in [0, 0.05) is 24.9 Å². The molecule has 1 aliphatic rings. The number of rotatable bonds is 8. The third-order valence-corrected chi connectivity index (χ3v) is 5.52. The smallest absolute Gasteiger partial charge is 0.220 e. The molecule has 138 valence electrons. The molecule has 0 saturated carbocycles. The summed E-state index contributed by atoms with van der Waals surface area (Å²) in [4.78, 5) is 26.3. The average Bonchev–Trinajstić information content (AvgIpc) is 3.21. The first kappa shape index (κ1) is 18.8. The molecule has 0 unspecified atom stereocenters. The van der Waals surface area contributed by atoms with Crippen LogP contribution in [0.15, 0.2) is 41.8 Å². The van der Waals surface area contributed by atoms with Crippen molar-refractivity contribution in [1.29, 1.82) is 0 Å². The number of benzene rings is 1. The largest absolute Gasteiger partial charge is 0.370 e. The van der Waals surface area contributed by atoms with Crippen LogP contribution in [0.2, 0.25) is 0 Å². The number of nitrogens with one attached hydrogen (secondary N) is 2. The first-order chi connectivity index (χ1) is 12.7. The third kappa shape index (κ3) is 5.49. The topological polar surface area (TPSA) is 59.8 Å². The highest BCUT2D eigenvalue weighted by molar-refractivity contribution is 7.12. The molecule has 1 saturated heterocycles. The number of amides is 1. The minimum atomic E-state index is -0.0802. The van der Waals surface area contributed by atoms with Gasteiger partial charge >= 0.3 is 0 Å². The van der Waals surface area contributed by atoms with Crippen LogP contribution in [0, 0.1) is 0 Å². The van der Waals surface area contributed by atoms with Crippen LogP contribution in [0.3, 0.4) is 0 Å². The number of carbonyl (C=O) groups excluding carboxylic acids is 2. The molecular weight excluding hydrogens is 348 g/mol. The number of thiophene rings is 1. The van der Waals surface area contributed by atoms with Crippen molar-refractivity contribution in [1.82, 2.24) is 5.32 Å². The number of hydrogen-bond donors (Lipinski definition) is 2. The van der Waals surface area contributed by atoms with Crippen LogP contribution in [0.25, 0.3) is 0 Å². The first-order valence-electron chi connectivity index (χ1n) is 9.04. The van der Waals surface area contributed by atoms with Crippen molar-refractivity contribution in [3.63, 3.8) is 0 Å². The van der Waals surface area contributed by atoms with E-state index in [9.17, 15) is 9.59 Å². The van der Waals surface area contributed by atoms with E-state index in [-0.39, 0.29) is 24.5 Å². The number of morpholine rings is 1. The van der Waals surface area contributed by atoms with Crippen LogP contribution in [-0.4, -0.2) is 38.0 Å². The van der Waals surface area contributed by atoms with Crippen molar-refractivity contribution < 1.29 is 19.2 Å². The van der Waals surface area contributed by atoms with Gasteiger partial charge < -0.3 is 15.0 Å². The molecule has 0 bridgehead atoms. The predicted molar refractivity (Wildman–Crippen MR) is 101 cm³/mol. The Morgan fingerprint density at radius 1 is 1.04 bits per heavy atom. The van der Waals surface area contributed by atoms with Crippen molar-refractivity contribution in [2.45, 2.75) is 25.9 Å². The molecule has 2 heterocycles. The molecule has 3 rings (SSSR count). The highest BCUT2D eigenvalue weighted by atomic mass is 32.1. The molecule has 1 aliphatic heterocycles. The number of carbonyl (C=O) groups is 2. The minimum absolute atomic E-state index is 0.0338. The van der Waals surface area contributed by atoms with Crippen molar-refractivity contribution in [3.8, 4) is 0 Å². The number of ether oxygens (including phenoxy) is 1. The Balaban J connectivity index is 1.47. The zero-order valence-corrected chi connectivity index (χ0v) is 15.6. The maximum atomic E-state index is 12.1. The molecule has 2 aromatic rings. The molecule has 0 radical (unpaired) electrons. The van der Waals surface area contributed by atoms with Crippen LogP contribution in [-0.2, 0) is 22.6 Å². The van der Waals surface area contributed by atoms with Gasteiger partial charge in [-0.15, -0.1) is 11.3 Å². The molecule has 1 aromatic carbocycles. The fourth-order valence-electron chi connectivity index (χ4n) is 3.08. The summed E-state index contributed by atoms with van der Waals surface area (Å²) in [6, 6.07) is 11.9. The van der Waals surface area contributed by atoms with E-state index in [4.69, 9.17) is 4.74 Å². The predicted octanol–water partition coefficient (Wildman–Crippen LogP) is 1.44. The lowest BCUT2D eigenvalue weighted by Crippen LogP contribution is -3.12. The highest BCUT2D eigenvalue weighted by Gasteiger charge is 2.16. The number of ketones is 1. The molecule has 5 nitrogen and oxygen atoms in total. The summed E-state index contributed by atoms with van der Waals surface area (Å²) in [5, 5.41) is 4.83. The van der Waals surface area contributed by atoms with E-state index in [0.29, 0.717) is 6.54 Å². The minimum Gasteiger partial charge on any atom is -0.370 e. The number of Topliss-reactive ketones (excluding diaryl/α,β-unsaturated/α-hetero) is 1. The second-order valence-electron chi connectivity index (χ2n) is 6.49. The quantitative estimate of drug-likeness (QED) is 0.689. The van der Waals surface area contributed by atoms with Crippen LogP contribution in [0.4, 0.5) is 0 Å². The Kier molecular flexibility index (Phi) is 6.94. The van der Waals surface area contributed by atoms with E-state index in [1.165, 1.54) is 21.8 Å². The number of quaternary nitrogens is 1. The van der Waals surface area contributed by atoms with E-state index in [1.807, 2.05) is 23.6 Å². The van der Waals surface area contributed by atoms with Crippen LogP contribution in [0.5, 0.6) is 0 Å². The molecule has 1 aromatic heterocycles. The zero-order chi connectivity index (χ0) is 18.2. The fourth-order valence-corrected chi connectivity index (χ4v) is 3.77. The molecular formula is C20H25N2O3S+. The van der Waals surface area contributed by atoms with Gasteiger partial charge in [-0.1, -0.05) is 30.3 Å². The Morgan fingerprint density at radius 3 is 2.54 bits per heavy atom. The Hall–Kier alpha value is -2.02. The van der Waals surface area contributed by atoms with E-state index in [0.717, 1.165) is 43.3 Å². The molecule has 2 N–H and O–H groups in total. The van der Waals surface area contributed by atoms with Gasteiger partial charge in [0.25, 0.3) is 0 Å². The third-order valence-electron chi connectivity index (χ3n) is 4.61. The standard InChI is InChI=1S/C20H24N2O3S/c23-18(19-6-3-13-26-19)7-8-20(24)21-14-16-4-1-2-5-17(16)15-22-9-11-25-12-10-22/h1-6,13H,7-12,14-15H2,(H,21,24)/p+1. The lowest BCUT2D eigenvalue weighted by atomic mass is 10.1. The van der Waals surface area contributed by atoms with Gasteiger partial charge in [-0.2, -0.15) is 0 Å². The first-order valence-corrected chi connectivity index (χ1v) is 9.92. The van der Waals surface area contributed by atoms with Gasteiger partial charge in [0.15, 0.2) is 5.78 Å². The van der Waals surface area contributed by atoms with Gasteiger partial charge in [-0.3, -0.25) is 9.59 Å². The van der Waals surface area contributed by atoms with Crippen molar-refractivity contribution in [2.75, 3.05) is 26.3 Å². The van der Waals surface area contributed by atoms with Crippen LogP contribution < -0.4 is 10.2 Å². The normalized spacial score (nSPS) is 14.9. The molecule has 26 heavy (non-hydrogen) atoms. The maximum absolute atomic E-state index is 12.1. The fraction of sp³-hybridized carbons (Fsp3) is 0.400. The molecule has 1 fully saturated rings. The lowest BCUT2D eigenvalue weighted by Gasteiger charge is -2.24. The molecule has 0 atom stereocenters. The summed E-state index contributed by atoms with van der Waals surface area (Å²) in [7, 11) is 0. The second kappa shape index (κ2) is 9.62. The van der Waals surface area contributed by atoms with Gasteiger partial charge in [0.2, 0.25) is 5.91 Å². The van der Waals surface area contributed by atoms with Crippen molar-refractivity contribution >= 4 is 23.0 Å². The summed E-state index contributed by atoms with van der Waals surface area (Å²) in [5.74, 6) is -0.0464. The van der Waals surface area contributed by atoms with Crippen molar-refractivity contribution in [3.05, 3.63) is 57.8 Å². The van der Waals surface area contributed by atoms with Gasteiger partial charge in [0.1, 0.15) is 19.6 Å². The van der Waals surface area contributed by atoms with E-state index in [1.54, 1.807) is 6.07 Å². The number of hydrogen-bond acceptors (Lipinski definition) is 4. The van der Waals surface area contributed by atoms with E-state index < -0.39 is 0 Å². The highest BCUT2D eigenvalue weighted by Crippen LogP contribution is 2.12. The van der Waals surface area contributed by atoms with Gasteiger partial charge in [-0.05, 0) is 17.0 Å². The van der Waals surface area contributed by atoms with Gasteiger partial charge in [0.05, 0.1) is 18.1 Å². The van der Waals surface area contributed by atoms with Crippen molar-refractivity contribution in [2.24, 2.45) is 0 Å². The average molecular weight is 373 g/mol. The summed E-state index contributed by atoms with van der Waals surface area (Å²) in [6.45, 7) is 5.12.